The first-order chi connectivity index (χ1) is 16.9. The van der Waals surface area contributed by atoms with E-state index in [1.165, 1.54) is 29.1 Å². The fourth-order valence-corrected chi connectivity index (χ4v) is 4.37. The summed E-state index contributed by atoms with van der Waals surface area (Å²) in [6.45, 7) is -0.238. The summed E-state index contributed by atoms with van der Waals surface area (Å²) in [5.41, 5.74) is 0.983. The van der Waals surface area contributed by atoms with E-state index in [1.807, 2.05) is 0 Å². The Morgan fingerprint density at radius 2 is 1.60 bits per heavy atom. The first kappa shape index (κ1) is 22.3. The zero-order valence-corrected chi connectivity index (χ0v) is 19.4. The number of benzene rings is 3. The molecule has 0 spiro atoms. The molecule has 4 aromatic rings. The van der Waals surface area contributed by atoms with Crippen LogP contribution in [-0.2, 0) is 6.54 Å². The number of fused-ring (bicyclic) bond motifs is 1. The third-order valence-electron chi connectivity index (χ3n) is 5.61. The minimum atomic E-state index is -0.579. The summed E-state index contributed by atoms with van der Waals surface area (Å²) >= 11 is 3.36. The number of hydrogen-bond acceptors (Lipinski definition) is 7. The Morgan fingerprint density at radius 3 is 2.26 bits per heavy atom. The van der Waals surface area contributed by atoms with Gasteiger partial charge >= 0.3 is 0 Å². The van der Waals surface area contributed by atoms with Crippen molar-refractivity contribution in [2.75, 3.05) is 0 Å². The van der Waals surface area contributed by atoms with Crippen LogP contribution >= 0.6 is 15.9 Å². The van der Waals surface area contributed by atoms with Gasteiger partial charge in [0.25, 0.3) is 17.5 Å². The average Bonchev–Trinajstić information content (AvgIpc) is 3.42. The number of non-ortho nitro benzene ring substituents is 1. The van der Waals surface area contributed by atoms with Crippen LogP contribution < -0.4 is 0 Å². The molecule has 0 N–H and O–H groups in total. The van der Waals surface area contributed by atoms with Crippen molar-refractivity contribution in [1.82, 2.24) is 19.7 Å². The zero-order valence-electron chi connectivity index (χ0n) is 17.8. The number of aromatic nitrogens is 3. The highest BCUT2D eigenvalue weighted by Gasteiger charge is 2.36. The lowest BCUT2D eigenvalue weighted by Crippen LogP contribution is -2.30. The smallest absolute Gasteiger partial charge is 0.271 e. The summed E-state index contributed by atoms with van der Waals surface area (Å²) in [7, 11) is 0. The highest BCUT2D eigenvalue weighted by atomic mass is 79.9. The molecular weight excluding hydrogens is 518 g/mol. The lowest BCUT2D eigenvalue weighted by molar-refractivity contribution is -0.384. The molecule has 0 fully saturated rings. The van der Waals surface area contributed by atoms with Crippen molar-refractivity contribution in [3.05, 3.63) is 116 Å². The van der Waals surface area contributed by atoms with Crippen LogP contribution in [0, 0.1) is 10.1 Å². The number of ketones is 1. The summed E-state index contributed by atoms with van der Waals surface area (Å²) in [5, 5.41) is 19.4. The fourth-order valence-electron chi connectivity index (χ4n) is 3.91. The number of rotatable bonds is 6. The van der Waals surface area contributed by atoms with Crippen LogP contribution in [0.15, 0.2) is 77.5 Å². The van der Waals surface area contributed by atoms with Crippen molar-refractivity contribution in [3.63, 3.8) is 0 Å². The molecule has 1 aliphatic rings. The summed E-state index contributed by atoms with van der Waals surface area (Å²) in [6.07, 6.45) is 1.28. The van der Waals surface area contributed by atoms with E-state index in [0.29, 0.717) is 10.0 Å². The van der Waals surface area contributed by atoms with E-state index < -0.39 is 16.7 Å². The van der Waals surface area contributed by atoms with Gasteiger partial charge in [-0.1, -0.05) is 40.2 Å². The van der Waals surface area contributed by atoms with Crippen LogP contribution in [0.5, 0.6) is 0 Å². The number of hydrogen-bond donors (Lipinski definition) is 0. The molecule has 5 rings (SSSR count). The first-order valence-corrected chi connectivity index (χ1v) is 11.1. The summed E-state index contributed by atoms with van der Waals surface area (Å²) in [4.78, 5) is 51.0. The van der Waals surface area contributed by atoms with Crippen LogP contribution in [0.1, 0.15) is 42.5 Å². The van der Waals surface area contributed by atoms with Gasteiger partial charge in [0.05, 0.1) is 28.3 Å². The number of nitro benzene ring substituents is 1. The molecule has 3 aromatic carbocycles. The van der Waals surface area contributed by atoms with Crippen LogP contribution in [0.3, 0.4) is 0 Å². The molecule has 2 heterocycles. The van der Waals surface area contributed by atoms with Gasteiger partial charge in [0.2, 0.25) is 0 Å². The molecule has 0 radical (unpaired) electrons. The molecule has 10 nitrogen and oxygen atoms in total. The van der Waals surface area contributed by atoms with E-state index in [9.17, 15) is 24.5 Å². The molecular formula is C24H14BrN5O5. The molecule has 0 saturated heterocycles. The largest absolute Gasteiger partial charge is 0.288 e. The van der Waals surface area contributed by atoms with Crippen molar-refractivity contribution < 1.29 is 19.3 Å². The Labute approximate surface area is 206 Å². The Bertz CT molecular complexity index is 1510. The van der Waals surface area contributed by atoms with Crippen molar-refractivity contribution in [2.45, 2.75) is 6.54 Å². The highest BCUT2D eigenvalue weighted by Crippen LogP contribution is 2.29. The maximum Gasteiger partial charge on any atom is 0.271 e. The minimum absolute atomic E-state index is 0.150. The summed E-state index contributed by atoms with van der Waals surface area (Å²) in [6, 6.07) is 17.1. The minimum Gasteiger partial charge on any atom is -0.288 e. The normalized spacial score (nSPS) is 12.7. The third-order valence-corrected chi connectivity index (χ3v) is 6.30. The molecule has 35 heavy (non-hydrogen) atoms. The van der Waals surface area contributed by atoms with Crippen LogP contribution in [0.25, 0.3) is 5.69 Å². The molecule has 1 aliphatic heterocycles. The zero-order chi connectivity index (χ0) is 24.7. The van der Waals surface area contributed by atoms with Gasteiger partial charge in [-0.05, 0) is 30.3 Å². The molecule has 1 aromatic heterocycles. The van der Waals surface area contributed by atoms with Gasteiger partial charge in [-0.2, -0.15) is 0 Å². The number of carbonyl (C=O) groups excluding carboxylic acids is 3. The Morgan fingerprint density at radius 1 is 0.943 bits per heavy atom. The van der Waals surface area contributed by atoms with E-state index in [4.69, 9.17) is 0 Å². The Hall–Kier alpha value is -4.51. The standard InChI is InChI=1S/C24H14BrN5O5/c25-19-8-4-3-7-17(19)22(31)18-10-9-14(30(34)35)11-20(18)29-13-26-27-21(29)12-28-23(32)15-5-1-2-6-16(15)24(28)33/h1-11,13H,12H2. The maximum absolute atomic E-state index is 13.4. The second kappa shape index (κ2) is 8.69. The van der Waals surface area contributed by atoms with Crippen LogP contribution in [0.2, 0.25) is 0 Å². The molecule has 2 amide bonds. The third kappa shape index (κ3) is 3.81. The predicted molar refractivity (Wildman–Crippen MR) is 126 cm³/mol. The van der Waals surface area contributed by atoms with Crippen LogP contribution in [0.4, 0.5) is 5.69 Å². The number of nitrogens with zero attached hydrogens (tertiary/aromatic N) is 5. The Kier molecular flexibility index (Phi) is 5.53. The van der Waals surface area contributed by atoms with Crippen molar-refractivity contribution in [1.29, 1.82) is 0 Å². The average molecular weight is 532 g/mol. The number of carbonyl (C=O) groups is 3. The van der Waals surface area contributed by atoms with Gasteiger partial charge in [0.15, 0.2) is 11.6 Å². The molecule has 0 bridgehead atoms. The summed E-state index contributed by atoms with van der Waals surface area (Å²) in [5.74, 6) is -1.20. The quantitative estimate of drug-likeness (QED) is 0.159. The monoisotopic (exact) mass is 531 g/mol. The van der Waals surface area contributed by atoms with E-state index in [1.54, 1.807) is 48.5 Å². The molecule has 172 valence electrons. The molecule has 0 atom stereocenters. The molecule has 0 aliphatic carbocycles. The highest BCUT2D eigenvalue weighted by molar-refractivity contribution is 9.10. The Balaban J connectivity index is 1.58. The molecule has 11 heteroatoms. The van der Waals surface area contributed by atoms with Crippen molar-refractivity contribution >= 4 is 39.2 Å². The maximum atomic E-state index is 13.4. The van der Waals surface area contributed by atoms with E-state index in [2.05, 4.69) is 26.1 Å². The van der Waals surface area contributed by atoms with E-state index in [-0.39, 0.29) is 46.2 Å². The van der Waals surface area contributed by atoms with E-state index >= 15 is 0 Å². The van der Waals surface area contributed by atoms with E-state index in [0.717, 1.165) is 4.90 Å². The van der Waals surface area contributed by atoms with Crippen molar-refractivity contribution in [2.24, 2.45) is 0 Å². The fraction of sp³-hybridized carbons (Fsp3) is 0.0417. The lowest BCUT2D eigenvalue weighted by atomic mass is 10.0. The number of halogens is 1. The van der Waals surface area contributed by atoms with Gasteiger partial charge in [0.1, 0.15) is 6.33 Å². The SMILES string of the molecule is O=C(c1ccccc1Br)c1ccc([N+](=O)[O-])cc1-n1cnnc1CN1C(=O)c2ccccc2C1=O. The number of nitro groups is 1. The molecule has 0 saturated carbocycles. The van der Waals surface area contributed by atoms with Gasteiger partial charge < -0.3 is 0 Å². The second-order valence-electron chi connectivity index (χ2n) is 7.63. The topological polar surface area (TPSA) is 128 Å². The van der Waals surface area contributed by atoms with Gasteiger partial charge in [-0.15, -0.1) is 10.2 Å². The predicted octanol–water partition coefficient (Wildman–Crippen LogP) is 3.97. The number of amides is 2. The molecule has 0 unspecified atom stereocenters. The number of imide groups is 1. The van der Waals surface area contributed by atoms with Crippen LogP contribution in [-0.4, -0.2) is 42.2 Å². The van der Waals surface area contributed by atoms with Gasteiger partial charge in [-0.3, -0.25) is 34.0 Å². The van der Waals surface area contributed by atoms with Gasteiger partial charge in [-0.25, -0.2) is 0 Å². The van der Waals surface area contributed by atoms with Crippen molar-refractivity contribution in [3.8, 4) is 5.69 Å². The lowest BCUT2D eigenvalue weighted by Gasteiger charge is -2.16. The summed E-state index contributed by atoms with van der Waals surface area (Å²) < 4.78 is 1.94. The first-order valence-electron chi connectivity index (χ1n) is 10.3. The van der Waals surface area contributed by atoms with Gasteiger partial charge in [0, 0.05) is 27.7 Å². The second-order valence-corrected chi connectivity index (χ2v) is 8.48.